The van der Waals surface area contributed by atoms with Crippen molar-refractivity contribution in [1.82, 2.24) is 0 Å². The van der Waals surface area contributed by atoms with Crippen LogP contribution in [0.3, 0.4) is 0 Å². The molecule has 2 unspecified atom stereocenters. The van der Waals surface area contributed by atoms with Crippen molar-refractivity contribution in [3.05, 3.63) is 34.9 Å². The Labute approximate surface area is 129 Å². The molecule has 0 saturated heterocycles. The van der Waals surface area contributed by atoms with E-state index in [0.717, 1.165) is 17.5 Å². The largest absolute Gasteiger partial charge is 0.370 e. The predicted molar refractivity (Wildman–Crippen MR) is 89.0 cm³/mol. The van der Waals surface area contributed by atoms with E-state index in [1.54, 1.807) is 0 Å². The highest BCUT2D eigenvalue weighted by atomic mass is 16.5. The van der Waals surface area contributed by atoms with Gasteiger partial charge in [0.1, 0.15) is 6.10 Å². The third-order valence-corrected chi connectivity index (χ3v) is 4.29. The molecule has 0 aliphatic heterocycles. The number of Topliss-reactive ketones (excluding diaryl/α,β-unsaturated/α-hetero) is 1. The summed E-state index contributed by atoms with van der Waals surface area (Å²) in [7, 11) is 0. The molecule has 0 aliphatic carbocycles. The van der Waals surface area contributed by atoms with Gasteiger partial charge in [0.05, 0.1) is 6.61 Å². The Morgan fingerprint density at radius 1 is 1.19 bits per heavy atom. The number of ketones is 1. The molecule has 0 aliphatic rings. The van der Waals surface area contributed by atoms with Crippen molar-refractivity contribution in [2.45, 2.75) is 66.4 Å². The minimum absolute atomic E-state index is 0.0865. The maximum absolute atomic E-state index is 12.4. The summed E-state index contributed by atoms with van der Waals surface area (Å²) < 4.78 is 5.83. The summed E-state index contributed by atoms with van der Waals surface area (Å²) in [5.41, 5.74) is 3.13. The molecule has 0 bridgehead atoms. The minimum atomic E-state index is -0.359. The first-order chi connectivity index (χ1) is 9.99. The van der Waals surface area contributed by atoms with Gasteiger partial charge in [-0.05, 0) is 50.3 Å². The van der Waals surface area contributed by atoms with Gasteiger partial charge in [0, 0.05) is 5.56 Å². The number of ether oxygens (including phenoxy) is 1. The first-order valence-electron chi connectivity index (χ1n) is 8.22. The van der Waals surface area contributed by atoms with Gasteiger partial charge in [-0.1, -0.05) is 45.2 Å². The summed E-state index contributed by atoms with van der Waals surface area (Å²) >= 11 is 0. The van der Waals surface area contributed by atoms with Crippen LogP contribution in [0.5, 0.6) is 0 Å². The number of rotatable bonds is 9. The molecule has 118 valence electrons. The van der Waals surface area contributed by atoms with E-state index in [9.17, 15) is 4.79 Å². The van der Waals surface area contributed by atoms with E-state index >= 15 is 0 Å². The summed E-state index contributed by atoms with van der Waals surface area (Å²) in [5.74, 6) is 0.656. The molecule has 0 N–H and O–H groups in total. The van der Waals surface area contributed by atoms with Crippen LogP contribution >= 0.6 is 0 Å². The number of carbonyl (C=O) groups is 1. The number of benzene rings is 1. The molecule has 2 heteroatoms. The Balaban J connectivity index is 2.55. The second-order valence-corrected chi connectivity index (χ2v) is 6.06. The lowest BCUT2D eigenvalue weighted by Gasteiger charge is -2.18. The zero-order valence-electron chi connectivity index (χ0n) is 14.2. The lowest BCUT2D eigenvalue weighted by atomic mass is 9.99. The molecular formula is C19H30O2. The zero-order valence-corrected chi connectivity index (χ0v) is 14.2. The van der Waals surface area contributed by atoms with Gasteiger partial charge in [-0.25, -0.2) is 0 Å². The third kappa shape index (κ3) is 5.62. The Bertz CT molecular complexity index is 451. The van der Waals surface area contributed by atoms with Crippen LogP contribution < -0.4 is 0 Å². The van der Waals surface area contributed by atoms with E-state index in [2.05, 4.69) is 20.8 Å². The normalized spacial score (nSPS) is 14.0. The minimum Gasteiger partial charge on any atom is -0.370 e. The highest BCUT2D eigenvalue weighted by Gasteiger charge is 2.18. The van der Waals surface area contributed by atoms with E-state index in [4.69, 9.17) is 4.74 Å². The van der Waals surface area contributed by atoms with Gasteiger partial charge in [0.15, 0.2) is 5.78 Å². The van der Waals surface area contributed by atoms with Crippen molar-refractivity contribution in [2.75, 3.05) is 6.61 Å². The van der Waals surface area contributed by atoms with Gasteiger partial charge < -0.3 is 4.74 Å². The summed E-state index contributed by atoms with van der Waals surface area (Å²) in [6, 6.07) is 5.87. The SMILES string of the molecule is CCCCC(CC)COC(C)C(=O)c1ccc(C)c(C)c1. The number of carbonyl (C=O) groups excluding carboxylic acids is 1. The predicted octanol–water partition coefficient (Wildman–Crippen LogP) is 5.11. The third-order valence-electron chi connectivity index (χ3n) is 4.29. The van der Waals surface area contributed by atoms with E-state index in [1.165, 1.54) is 24.8 Å². The van der Waals surface area contributed by atoms with Crippen LogP contribution in [-0.4, -0.2) is 18.5 Å². The number of hydrogen-bond donors (Lipinski definition) is 0. The quantitative estimate of drug-likeness (QED) is 0.591. The summed E-state index contributed by atoms with van der Waals surface area (Å²) in [5, 5.41) is 0. The van der Waals surface area contributed by atoms with Crippen molar-refractivity contribution in [3.63, 3.8) is 0 Å². The maximum atomic E-state index is 12.4. The van der Waals surface area contributed by atoms with E-state index in [1.807, 2.05) is 32.0 Å². The molecule has 0 radical (unpaired) electrons. The smallest absolute Gasteiger partial charge is 0.191 e. The lowest BCUT2D eigenvalue weighted by molar-refractivity contribution is 0.0321. The molecule has 0 saturated carbocycles. The maximum Gasteiger partial charge on any atom is 0.191 e. The van der Waals surface area contributed by atoms with E-state index < -0.39 is 0 Å². The van der Waals surface area contributed by atoms with Gasteiger partial charge in [-0.2, -0.15) is 0 Å². The fraction of sp³-hybridized carbons (Fsp3) is 0.632. The van der Waals surface area contributed by atoms with Crippen LogP contribution in [0.2, 0.25) is 0 Å². The van der Waals surface area contributed by atoms with Crippen LogP contribution in [0.1, 0.15) is 67.9 Å². The van der Waals surface area contributed by atoms with Gasteiger partial charge in [0.2, 0.25) is 0 Å². The van der Waals surface area contributed by atoms with Crippen LogP contribution in [0.4, 0.5) is 0 Å². The van der Waals surface area contributed by atoms with Gasteiger partial charge in [0.25, 0.3) is 0 Å². The molecule has 0 amide bonds. The molecule has 1 aromatic carbocycles. The average molecular weight is 290 g/mol. The molecule has 0 aromatic heterocycles. The summed E-state index contributed by atoms with van der Waals surface area (Å²) in [6.07, 6.45) is 4.40. The lowest BCUT2D eigenvalue weighted by Crippen LogP contribution is -2.24. The molecule has 1 aromatic rings. The van der Waals surface area contributed by atoms with Gasteiger partial charge in [-0.3, -0.25) is 4.79 Å². The van der Waals surface area contributed by atoms with Gasteiger partial charge >= 0.3 is 0 Å². The number of unbranched alkanes of at least 4 members (excludes halogenated alkanes) is 1. The fourth-order valence-corrected chi connectivity index (χ4v) is 2.38. The number of hydrogen-bond acceptors (Lipinski definition) is 2. The van der Waals surface area contributed by atoms with Crippen molar-refractivity contribution < 1.29 is 9.53 Å². The van der Waals surface area contributed by atoms with E-state index in [-0.39, 0.29) is 11.9 Å². The molecule has 0 fully saturated rings. The highest BCUT2D eigenvalue weighted by Crippen LogP contribution is 2.16. The molecule has 21 heavy (non-hydrogen) atoms. The molecule has 0 spiro atoms. The summed E-state index contributed by atoms with van der Waals surface area (Å²) in [4.78, 5) is 12.4. The standard InChI is InChI=1S/C19H30O2/c1-6-8-9-17(7-2)13-21-16(5)19(20)18-11-10-14(3)15(4)12-18/h10-12,16-17H,6-9,13H2,1-5H3. The fourth-order valence-electron chi connectivity index (χ4n) is 2.38. The summed E-state index contributed by atoms with van der Waals surface area (Å²) in [6.45, 7) is 11.1. The van der Waals surface area contributed by atoms with E-state index in [0.29, 0.717) is 12.5 Å². The highest BCUT2D eigenvalue weighted by molar-refractivity contribution is 5.99. The molecule has 1 rings (SSSR count). The van der Waals surface area contributed by atoms with Crippen molar-refractivity contribution in [2.24, 2.45) is 5.92 Å². The van der Waals surface area contributed by atoms with Crippen molar-refractivity contribution in [1.29, 1.82) is 0 Å². The van der Waals surface area contributed by atoms with Gasteiger partial charge in [-0.15, -0.1) is 0 Å². The Kier molecular flexibility index (Phi) is 7.66. The topological polar surface area (TPSA) is 26.3 Å². The second-order valence-electron chi connectivity index (χ2n) is 6.06. The Morgan fingerprint density at radius 2 is 1.90 bits per heavy atom. The molecule has 2 atom stereocenters. The molecular weight excluding hydrogens is 260 g/mol. The van der Waals surface area contributed by atoms with Crippen molar-refractivity contribution in [3.8, 4) is 0 Å². The molecule has 2 nitrogen and oxygen atoms in total. The second kappa shape index (κ2) is 8.99. The first-order valence-corrected chi connectivity index (χ1v) is 8.22. The van der Waals surface area contributed by atoms with Crippen molar-refractivity contribution >= 4 is 5.78 Å². The Hall–Kier alpha value is -1.15. The van der Waals surface area contributed by atoms with Crippen LogP contribution in [0, 0.1) is 19.8 Å². The Morgan fingerprint density at radius 3 is 2.48 bits per heavy atom. The average Bonchev–Trinajstić information content (AvgIpc) is 2.49. The van der Waals surface area contributed by atoms with Crippen LogP contribution in [-0.2, 0) is 4.74 Å². The first kappa shape index (κ1) is 17.9. The monoisotopic (exact) mass is 290 g/mol. The van der Waals surface area contributed by atoms with Crippen LogP contribution in [0.15, 0.2) is 18.2 Å². The zero-order chi connectivity index (χ0) is 15.8. The van der Waals surface area contributed by atoms with Crippen LogP contribution in [0.25, 0.3) is 0 Å². The number of aryl methyl sites for hydroxylation is 2. The molecule has 0 heterocycles.